The number of esters is 1. The van der Waals surface area contributed by atoms with Gasteiger partial charge in [0.05, 0.1) is 11.9 Å². The summed E-state index contributed by atoms with van der Waals surface area (Å²) in [6.45, 7) is 5.36. The molecule has 1 saturated carbocycles. The molecule has 2 aliphatic rings. The molecule has 5 rings (SSSR count). The second kappa shape index (κ2) is 9.87. The lowest BCUT2D eigenvalue weighted by atomic mass is 9.91. The molecule has 38 heavy (non-hydrogen) atoms. The van der Waals surface area contributed by atoms with Crippen molar-refractivity contribution in [1.82, 2.24) is 14.9 Å². The lowest BCUT2D eigenvalue weighted by Crippen LogP contribution is -2.47. The highest BCUT2D eigenvalue weighted by Gasteiger charge is 2.55. The molecule has 1 aliphatic carbocycles. The van der Waals surface area contributed by atoms with Crippen molar-refractivity contribution in [1.29, 1.82) is 0 Å². The smallest absolute Gasteiger partial charge is 0.332 e. The maximum atomic E-state index is 14.1. The minimum atomic E-state index is -1.22. The molecule has 1 atom stereocenters. The summed E-state index contributed by atoms with van der Waals surface area (Å²) >= 11 is 15.9. The number of hydrogen-bond acceptors (Lipinski definition) is 5. The highest BCUT2D eigenvalue weighted by atomic mass is 79.9. The third-order valence-electron chi connectivity index (χ3n) is 6.73. The molecule has 2 heterocycles. The minimum absolute atomic E-state index is 0.0510. The van der Waals surface area contributed by atoms with E-state index in [2.05, 4.69) is 32.8 Å². The Morgan fingerprint density at radius 2 is 1.84 bits per heavy atom. The molecular weight excluding hydrogens is 595 g/mol. The van der Waals surface area contributed by atoms with Crippen molar-refractivity contribution in [3.05, 3.63) is 87.1 Å². The number of fused-ring (bicyclic) bond motifs is 1. The number of carbonyl (C=O) groups is 3. The lowest BCUT2D eigenvalue weighted by Gasteiger charge is -2.27. The summed E-state index contributed by atoms with van der Waals surface area (Å²) in [5.41, 5.74) is -0.867. The Bertz CT molecular complexity index is 1450. The van der Waals surface area contributed by atoms with E-state index in [4.69, 9.17) is 27.9 Å². The first-order valence-electron chi connectivity index (χ1n) is 11.8. The summed E-state index contributed by atoms with van der Waals surface area (Å²) in [7, 11) is 0. The monoisotopic (exact) mass is 616 g/mol. The van der Waals surface area contributed by atoms with Crippen LogP contribution in [0, 0.1) is 0 Å². The number of benzene rings is 2. The predicted octanol–water partition coefficient (Wildman–Crippen LogP) is 5.58. The van der Waals surface area contributed by atoms with Crippen molar-refractivity contribution >= 4 is 68.6 Å². The Morgan fingerprint density at radius 1 is 1.18 bits per heavy atom. The number of nitrogens with one attached hydrogen (secondary N) is 1. The highest BCUT2D eigenvalue weighted by Crippen LogP contribution is 2.44. The number of hydrogen-bond donors (Lipinski definition) is 1. The molecular formula is C27H23BrCl2N4O4. The minimum Gasteiger partial charge on any atom is -0.460 e. The molecule has 1 aliphatic heterocycles. The molecule has 1 N–H and O–H groups in total. The quantitative estimate of drug-likeness (QED) is 0.263. The number of nitrogens with zero attached hydrogens (tertiary/aromatic N) is 3. The summed E-state index contributed by atoms with van der Waals surface area (Å²) < 4.78 is 7.71. The van der Waals surface area contributed by atoms with Crippen LogP contribution in [0.25, 0.3) is 0 Å². The van der Waals surface area contributed by atoms with Gasteiger partial charge in [0.2, 0.25) is 5.95 Å². The van der Waals surface area contributed by atoms with Gasteiger partial charge in [0, 0.05) is 20.9 Å². The zero-order valence-electron chi connectivity index (χ0n) is 20.3. The van der Waals surface area contributed by atoms with Gasteiger partial charge < -0.3 is 10.1 Å². The Kier molecular flexibility index (Phi) is 6.87. The summed E-state index contributed by atoms with van der Waals surface area (Å²) in [6, 6.07) is 12.4. The molecule has 1 fully saturated rings. The van der Waals surface area contributed by atoms with Gasteiger partial charge in [-0.15, -0.1) is 0 Å². The molecule has 3 aromatic rings. The van der Waals surface area contributed by atoms with Crippen LogP contribution in [0.3, 0.4) is 0 Å². The van der Waals surface area contributed by atoms with Gasteiger partial charge in [-0.25, -0.2) is 14.7 Å². The van der Waals surface area contributed by atoms with Gasteiger partial charge >= 0.3 is 5.97 Å². The fourth-order valence-electron chi connectivity index (χ4n) is 4.69. The fraction of sp³-hybridized carbons (Fsp3) is 0.259. The van der Waals surface area contributed by atoms with E-state index in [1.807, 2.05) is 24.3 Å². The third kappa shape index (κ3) is 4.63. The fourth-order valence-corrected chi connectivity index (χ4v) is 5.47. The number of halogens is 3. The van der Waals surface area contributed by atoms with Gasteiger partial charge in [0.15, 0.2) is 0 Å². The van der Waals surface area contributed by atoms with E-state index in [9.17, 15) is 14.4 Å². The normalized spacial score (nSPS) is 19.2. The first kappa shape index (κ1) is 26.5. The van der Waals surface area contributed by atoms with Crippen LogP contribution in [0.1, 0.15) is 35.8 Å². The van der Waals surface area contributed by atoms with Crippen molar-refractivity contribution in [3.8, 4) is 0 Å². The van der Waals surface area contributed by atoms with Crippen LogP contribution in [0.15, 0.2) is 65.8 Å². The number of aromatic nitrogens is 2. The van der Waals surface area contributed by atoms with Gasteiger partial charge in [-0.1, -0.05) is 63.9 Å². The number of amides is 2. The second-order valence-electron chi connectivity index (χ2n) is 9.55. The van der Waals surface area contributed by atoms with E-state index >= 15 is 0 Å². The van der Waals surface area contributed by atoms with Crippen molar-refractivity contribution in [3.63, 3.8) is 0 Å². The Balaban J connectivity index is 1.57. The predicted molar refractivity (Wildman–Crippen MR) is 148 cm³/mol. The number of rotatable bonds is 8. The lowest BCUT2D eigenvalue weighted by molar-refractivity contribution is -0.145. The van der Waals surface area contributed by atoms with Crippen LogP contribution in [0.5, 0.6) is 0 Å². The van der Waals surface area contributed by atoms with Crippen LogP contribution in [0.2, 0.25) is 10.0 Å². The largest absolute Gasteiger partial charge is 0.460 e. The van der Waals surface area contributed by atoms with Gasteiger partial charge in [0.25, 0.3) is 11.8 Å². The molecule has 8 nitrogen and oxygen atoms in total. The van der Waals surface area contributed by atoms with Crippen LogP contribution in [0.4, 0.5) is 11.6 Å². The number of imidazole rings is 1. The average Bonchev–Trinajstić information content (AvgIpc) is 3.45. The van der Waals surface area contributed by atoms with Crippen molar-refractivity contribution < 1.29 is 19.1 Å². The zero-order valence-corrected chi connectivity index (χ0v) is 23.4. The van der Waals surface area contributed by atoms with Crippen molar-refractivity contribution in [2.75, 3.05) is 11.5 Å². The van der Waals surface area contributed by atoms with Crippen LogP contribution in [-0.2, 0) is 26.3 Å². The topological polar surface area (TPSA) is 93.5 Å². The summed E-state index contributed by atoms with van der Waals surface area (Å²) in [4.78, 5) is 46.1. The molecule has 196 valence electrons. The molecule has 0 saturated heterocycles. The molecule has 0 spiro atoms. The number of ether oxygens (including phenoxy) is 1. The summed E-state index contributed by atoms with van der Waals surface area (Å²) in [6.07, 6.45) is 4.06. The third-order valence-corrected chi connectivity index (χ3v) is 7.69. The van der Waals surface area contributed by atoms with Gasteiger partial charge in [-0.05, 0) is 55.7 Å². The van der Waals surface area contributed by atoms with Gasteiger partial charge in [0.1, 0.15) is 23.4 Å². The standard InChI is InChI=1S/C27H23BrCl2N4O4/c1-3-10-38-24(37)27(8-9-27)32-22(35)21-15-31-25-33(20-12-18(29)11-19(30)13-20)23(36)26(2,34(21)25)14-16-4-6-17(28)7-5-16/h3-7,11-13,15H,1,8-10,14H2,2H3,(H,32,35). The maximum Gasteiger partial charge on any atom is 0.332 e. The molecule has 2 amide bonds. The molecule has 1 aromatic heterocycles. The van der Waals surface area contributed by atoms with Crippen molar-refractivity contribution in [2.45, 2.75) is 37.3 Å². The molecule has 0 radical (unpaired) electrons. The van der Waals surface area contributed by atoms with Crippen LogP contribution < -0.4 is 10.2 Å². The van der Waals surface area contributed by atoms with E-state index in [-0.39, 0.29) is 30.6 Å². The zero-order chi connectivity index (χ0) is 27.2. The van der Waals surface area contributed by atoms with Crippen LogP contribution in [-0.4, -0.2) is 39.5 Å². The first-order chi connectivity index (χ1) is 18.1. The maximum absolute atomic E-state index is 14.1. The first-order valence-corrected chi connectivity index (χ1v) is 13.4. The van der Waals surface area contributed by atoms with Crippen molar-refractivity contribution in [2.24, 2.45) is 0 Å². The van der Waals surface area contributed by atoms with E-state index in [0.29, 0.717) is 28.6 Å². The Hall–Kier alpha value is -3.14. The van der Waals surface area contributed by atoms with E-state index in [1.54, 1.807) is 29.7 Å². The molecule has 11 heteroatoms. The second-order valence-corrected chi connectivity index (χ2v) is 11.3. The number of carbonyl (C=O) groups excluding carboxylic acids is 3. The number of anilines is 2. The van der Waals surface area contributed by atoms with E-state index in [0.717, 1.165) is 10.0 Å². The summed E-state index contributed by atoms with van der Waals surface area (Å²) in [5.74, 6) is -1.10. The Labute approximate surface area is 237 Å². The summed E-state index contributed by atoms with van der Waals surface area (Å²) in [5, 5.41) is 3.52. The highest BCUT2D eigenvalue weighted by molar-refractivity contribution is 9.10. The molecule has 1 unspecified atom stereocenters. The molecule has 0 bridgehead atoms. The Morgan fingerprint density at radius 3 is 2.45 bits per heavy atom. The van der Waals surface area contributed by atoms with E-state index in [1.165, 1.54) is 17.2 Å². The molecule has 2 aromatic carbocycles. The van der Waals surface area contributed by atoms with Gasteiger partial charge in [-0.2, -0.15) is 0 Å². The van der Waals surface area contributed by atoms with Crippen LogP contribution >= 0.6 is 39.1 Å². The van der Waals surface area contributed by atoms with E-state index < -0.39 is 23.0 Å². The SMILES string of the molecule is C=CCOC(=O)C1(NC(=O)c2cnc3n2C(C)(Cc2ccc(Br)cc2)C(=O)N3c2cc(Cl)cc(Cl)c2)CC1. The average molecular weight is 618 g/mol. The van der Waals surface area contributed by atoms with Gasteiger partial charge in [-0.3, -0.25) is 14.2 Å².